The zero-order valence-corrected chi connectivity index (χ0v) is 17.8. The summed E-state index contributed by atoms with van der Waals surface area (Å²) >= 11 is 0. The summed E-state index contributed by atoms with van der Waals surface area (Å²) in [6.45, 7) is 7.81. The number of hydrogen-bond acceptors (Lipinski definition) is 7. The van der Waals surface area contributed by atoms with Gasteiger partial charge in [-0.1, -0.05) is 17.7 Å². The second-order valence-corrected chi connectivity index (χ2v) is 10.6. The summed E-state index contributed by atoms with van der Waals surface area (Å²) in [6, 6.07) is 0. The monoisotopic (exact) mass is 416 g/mol. The maximum Gasteiger partial charge on any atom is 0.190 e. The van der Waals surface area contributed by atoms with Crippen LogP contribution in [0.4, 0.5) is 0 Å². The lowest BCUT2D eigenvalue weighted by molar-refractivity contribution is -0.410. The number of fused-ring (bicyclic) bond motifs is 4. The van der Waals surface area contributed by atoms with E-state index in [4.69, 9.17) is 19.2 Å². The third kappa shape index (κ3) is 1.95. The van der Waals surface area contributed by atoms with Crippen molar-refractivity contribution in [3.05, 3.63) is 23.3 Å². The number of carbonyl (C=O) groups excluding carboxylic acids is 2. The quantitative estimate of drug-likeness (QED) is 0.422. The minimum absolute atomic E-state index is 0.0223. The van der Waals surface area contributed by atoms with Crippen molar-refractivity contribution in [1.82, 2.24) is 0 Å². The molecule has 6 rings (SSSR count). The van der Waals surface area contributed by atoms with Gasteiger partial charge in [-0.3, -0.25) is 9.59 Å². The summed E-state index contributed by atoms with van der Waals surface area (Å²) in [5.74, 6) is -2.20. The van der Waals surface area contributed by atoms with Crippen LogP contribution < -0.4 is 0 Å². The Labute approximate surface area is 175 Å². The lowest BCUT2D eigenvalue weighted by Gasteiger charge is -2.54. The Kier molecular flexibility index (Phi) is 3.67. The van der Waals surface area contributed by atoms with Crippen LogP contribution in [0.1, 0.15) is 27.7 Å². The molecule has 2 heterocycles. The maximum absolute atomic E-state index is 14.2. The van der Waals surface area contributed by atoms with Crippen molar-refractivity contribution < 1.29 is 33.9 Å². The van der Waals surface area contributed by atoms with Gasteiger partial charge in [-0.25, -0.2) is 9.78 Å². The molecular weight excluding hydrogens is 388 g/mol. The predicted molar refractivity (Wildman–Crippen MR) is 103 cm³/mol. The van der Waals surface area contributed by atoms with Crippen molar-refractivity contribution >= 4 is 11.6 Å². The molecule has 7 heteroatoms. The Morgan fingerprint density at radius 1 is 1.20 bits per heavy atom. The van der Waals surface area contributed by atoms with Gasteiger partial charge in [0.1, 0.15) is 24.4 Å². The number of carbonyl (C=O) groups is 2. The van der Waals surface area contributed by atoms with Gasteiger partial charge in [0.15, 0.2) is 11.6 Å². The van der Waals surface area contributed by atoms with Crippen LogP contribution in [-0.4, -0.2) is 59.9 Å². The number of allylic oxidation sites excluding steroid dienone is 1. The van der Waals surface area contributed by atoms with Gasteiger partial charge in [0, 0.05) is 36.4 Å². The van der Waals surface area contributed by atoms with E-state index in [1.54, 1.807) is 7.11 Å². The summed E-state index contributed by atoms with van der Waals surface area (Å²) in [5.41, 5.74) is -0.193. The lowest BCUT2D eigenvalue weighted by Crippen LogP contribution is -2.63. The minimum atomic E-state index is -0.962. The van der Waals surface area contributed by atoms with Crippen molar-refractivity contribution in [2.75, 3.05) is 7.11 Å². The Morgan fingerprint density at radius 3 is 2.60 bits per heavy atom. The highest BCUT2D eigenvalue weighted by molar-refractivity contribution is 6.10. The van der Waals surface area contributed by atoms with Gasteiger partial charge in [-0.2, -0.15) is 0 Å². The van der Waals surface area contributed by atoms with E-state index in [9.17, 15) is 14.7 Å². The number of aliphatic hydroxyl groups excluding tert-OH is 1. The van der Waals surface area contributed by atoms with E-state index in [0.717, 1.165) is 5.57 Å². The van der Waals surface area contributed by atoms with E-state index in [0.29, 0.717) is 5.57 Å². The lowest BCUT2D eigenvalue weighted by atomic mass is 9.54. The molecule has 11 atom stereocenters. The highest BCUT2D eigenvalue weighted by atomic mass is 17.2. The van der Waals surface area contributed by atoms with Crippen molar-refractivity contribution in [3.8, 4) is 0 Å². The van der Waals surface area contributed by atoms with Gasteiger partial charge in [0.25, 0.3) is 0 Å². The minimum Gasteiger partial charge on any atom is -0.392 e. The first kappa shape index (κ1) is 19.3. The van der Waals surface area contributed by atoms with Crippen LogP contribution in [0, 0.1) is 35.0 Å². The molecule has 0 radical (unpaired) electrons. The van der Waals surface area contributed by atoms with Crippen LogP contribution in [0.25, 0.3) is 0 Å². The molecule has 4 aliphatic carbocycles. The zero-order chi connectivity index (χ0) is 21.3. The third-order valence-corrected chi connectivity index (χ3v) is 8.73. The molecule has 2 aliphatic heterocycles. The van der Waals surface area contributed by atoms with E-state index in [2.05, 4.69) is 0 Å². The first-order valence-electron chi connectivity index (χ1n) is 10.8. The van der Waals surface area contributed by atoms with Gasteiger partial charge in [0.05, 0.1) is 23.0 Å². The second kappa shape index (κ2) is 5.70. The summed E-state index contributed by atoms with van der Waals surface area (Å²) in [6.07, 6.45) is 1.01. The molecule has 0 aromatic rings. The molecule has 2 saturated heterocycles. The summed E-state index contributed by atoms with van der Waals surface area (Å²) in [7, 11) is 1.63. The van der Waals surface area contributed by atoms with Crippen LogP contribution in [0.3, 0.4) is 0 Å². The number of methoxy groups -OCH3 is 1. The Bertz CT molecular complexity index is 915. The molecule has 1 N–H and O–H groups in total. The van der Waals surface area contributed by atoms with Crippen LogP contribution in [0.2, 0.25) is 0 Å². The molecule has 6 aliphatic rings. The summed E-state index contributed by atoms with van der Waals surface area (Å²) < 4.78 is 11.6. The first-order chi connectivity index (χ1) is 14.2. The number of ether oxygens (including phenoxy) is 2. The number of hydrogen-bond donors (Lipinski definition) is 1. The molecule has 1 spiro atoms. The van der Waals surface area contributed by atoms with E-state index >= 15 is 0 Å². The van der Waals surface area contributed by atoms with Gasteiger partial charge in [0.2, 0.25) is 0 Å². The first-order valence-corrected chi connectivity index (χ1v) is 10.8. The van der Waals surface area contributed by atoms with E-state index in [-0.39, 0.29) is 35.4 Å². The highest BCUT2D eigenvalue weighted by Gasteiger charge is 2.82. The Balaban J connectivity index is 1.67. The standard InChI is InChI=1S/C23H28O7/c1-8(2)6-11-23-10(22(3,4)27-5)7-9-12(21(23)26)13-15(23)18(30-29-11)14(17(13)25)19-20(28-19)16(9)24/h6-7,10-15,17-20,25H,1-5H3/t10?,11-,12-,13+,14+,15-,17-,18+,19-,20+,23+/m0/s1. The highest BCUT2D eigenvalue weighted by Crippen LogP contribution is 2.72. The van der Waals surface area contributed by atoms with Crippen molar-refractivity contribution in [2.45, 2.75) is 63.8 Å². The van der Waals surface area contributed by atoms with Gasteiger partial charge < -0.3 is 14.6 Å². The fraction of sp³-hybridized carbons (Fsp3) is 0.739. The Morgan fingerprint density at radius 2 is 1.93 bits per heavy atom. The Hall–Kier alpha value is -1.38. The summed E-state index contributed by atoms with van der Waals surface area (Å²) in [5, 5.41) is 11.4. The van der Waals surface area contributed by atoms with Crippen LogP contribution in [-0.2, 0) is 28.8 Å². The number of rotatable bonds is 3. The molecule has 5 fully saturated rings. The average Bonchev–Trinajstić information content (AvgIpc) is 3.37. The number of epoxide rings is 1. The molecule has 4 bridgehead atoms. The molecular formula is C23H28O7. The van der Waals surface area contributed by atoms with Gasteiger partial charge in [-0.05, 0) is 27.7 Å². The molecule has 1 unspecified atom stereocenters. The molecule has 162 valence electrons. The zero-order valence-electron chi connectivity index (χ0n) is 17.8. The molecule has 0 aromatic carbocycles. The van der Waals surface area contributed by atoms with Crippen molar-refractivity contribution in [1.29, 1.82) is 0 Å². The van der Waals surface area contributed by atoms with E-state index in [1.165, 1.54) is 0 Å². The predicted octanol–water partition coefficient (Wildman–Crippen LogP) is 1.39. The molecule has 30 heavy (non-hydrogen) atoms. The topological polar surface area (TPSA) is 94.6 Å². The largest absolute Gasteiger partial charge is 0.392 e. The number of ketones is 2. The smallest absolute Gasteiger partial charge is 0.190 e. The number of aliphatic hydroxyl groups is 1. The third-order valence-electron chi connectivity index (χ3n) is 8.73. The fourth-order valence-corrected chi connectivity index (χ4v) is 7.47. The van der Waals surface area contributed by atoms with Crippen LogP contribution >= 0.6 is 0 Å². The van der Waals surface area contributed by atoms with Crippen LogP contribution in [0.15, 0.2) is 23.3 Å². The fourth-order valence-electron chi connectivity index (χ4n) is 7.47. The maximum atomic E-state index is 14.2. The summed E-state index contributed by atoms with van der Waals surface area (Å²) in [4.78, 5) is 39.5. The van der Waals surface area contributed by atoms with Gasteiger partial charge in [-0.15, -0.1) is 0 Å². The second-order valence-electron chi connectivity index (χ2n) is 10.6. The normalized spacial score (nSPS) is 52.5. The van der Waals surface area contributed by atoms with Gasteiger partial charge >= 0.3 is 0 Å². The molecule has 0 aromatic heterocycles. The average molecular weight is 416 g/mol. The molecule has 7 nitrogen and oxygen atoms in total. The number of Topliss-reactive ketones (excluding diaryl/α,β-unsaturated/α-hetero) is 2. The van der Waals surface area contributed by atoms with Crippen LogP contribution in [0.5, 0.6) is 0 Å². The molecule has 0 amide bonds. The SMILES string of the molecule is COC(C)(C)C1C=C2C(=O)[C@H]3O[C@H]3[C@@H]3[C@@H](O)[C@@H]4[C@H]2C(=O)[C@]12[C@@H]4[C@@H]3OO[C@H]2C=C(C)C. The van der Waals surface area contributed by atoms with Crippen molar-refractivity contribution in [2.24, 2.45) is 35.0 Å². The van der Waals surface area contributed by atoms with Crippen molar-refractivity contribution in [3.63, 3.8) is 0 Å². The van der Waals surface area contributed by atoms with E-state index < -0.39 is 47.3 Å². The molecule has 3 saturated carbocycles. The van der Waals surface area contributed by atoms with E-state index in [1.807, 2.05) is 39.8 Å².